The lowest BCUT2D eigenvalue weighted by Gasteiger charge is -2.38. The summed E-state index contributed by atoms with van der Waals surface area (Å²) < 4.78 is 0. The second kappa shape index (κ2) is 8.37. The first-order valence-corrected chi connectivity index (χ1v) is 12.1. The SMILES string of the molecule is CC1(C)CC(=O)C2=C(C1)Nc1ccccc1N(CC(=O)NC1CC1)C2c1ccc(Cl)cc1Cl. The van der Waals surface area contributed by atoms with Crippen LogP contribution in [0.15, 0.2) is 53.7 Å². The zero-order valence-corrected chi connectivity index (χ0v) is 20.3. The lowest BCUT2D eigenvalue weighted by Crippen LogP contribution is -2.42. The Kier molecular flexibility index (Phi) is 5.66. The number of para-hydroxylation sites is 2. The highest BCUT2D eigenvalue weighted by Gasteiger charge is 2.42. The lowest BCUT2D eigenvalue weighted by atomic mass is 9.73. The number of hydrogen-bond donors (Lipinski definition) is 2. The molecule has 0 saturated heterocycles. The number of nitrogens with one attached hydrogen (secondary N) is 2. The molecule has 0 bridgehead atoms. The molecular weight excluding hydrogens is 457 g/mol. The number of carbonyl (C=O) groups excluding carboxylic acids is 2. The molecule has 1 heterocycles. The predicted molar refractivity (Wildman–Crippen MR) is 133 cm³/mol. The van der Waals surface area contributed by atoms with E-state index in [1.165, 1.54) is 0 Å². The Morgan fingerprint density at radius 2 is 1.91 bits per heavy atom. The van der Waals surface area contributed by atoms with Crippen molar-refractivity contribution in [3.8, 4) is 0 Å². The van der Waals surface area contributed by atoms with Gasteiger partial charge in [0.2, 0.25) is 5.91 Å². The highest BCUT2D eigenvalue weighted by molar-refractivity contribution is 6.35. The van der Waals surface area contributed by atoms with Crippen molar-refractivity contribution in [1.29, 1.82) is 0 Å². The number of ketones is 1. The molecule has 1 saturated carbocycles. The van der Waals surface area contributed by atoms with Crippen molar-refractivity contribution < 1.29 is 9.59 Å². The van der Waals surface area contributed by atoms with E-state index in [2.05, 4.69) is 24.5 Å². The molecule has 2 aliphatic carbocycles. The van der Waals surface area contributed by atoms with Crippen LogP contribution in [0.25, 0.3) is 0 Å². The molecule has 1 aliphatic heterocycles. The molecule has 2 N–H and O–H groups in total. The highest BCUT2D eigenvalue weighted by atomic mass is 35.5. The van der Waals surface area contributed by atoms with Crippen molar-refractivity contribution in [3.63, 3.8) is 0 Å². The van der Waals surface area contributed by atoms with Gasteiger partial charge in [0, 0.05) is 33.8 Å². The number of allylic oxidation sites excluding steroid dienone is 1. The average molecular weight is 484 g/mol. The van der Waals surface area contributed by atoms with Crippen LogP contribution in [0.2, 0.25) is 10.0 Å². The van der Waals surface area contributed by atoms with Crippen molar-refractivity contribution in [2.45, 2.75) is 51.6 Å². The predicted octanol–water partition coefficient (Wildman–Crippen LogP) is 5.89. The second-order valence-electron chi connectivity index (χ2n) is 10.0. The molecular formula is C26H27Cl2N3O2. The van der Waals surface area contributed by atoms with Crippen LogP contribution < -0.4 is 15.5 Å². The number of Topliss-reactive ketones (excluding diaryl/α,β-unsaturated/α-hetero) is 1. The molecule has 0 spiro atoms. The van der Waals surface area contributed by atoms with Gasteiger partial charge < -0.3 is 15.5 Å². The molecule has 0 aromatic heterocycles. The number of carbonyl (C=O) groups is 2. The average Bonchev–Trinajstić information content (AvgIpc) is 3.54. The Hall–Kier alpha value is -2.50. The standard InChI is InChI=1S/C26H27Cl2N3O2/c1-26(2)12-20-24(22(32)13-26)25(17-10-7-15(27)11-18(17)28)31(14-23(33)29-16-8-9-16)21-6-4-3-5-19(21)30-20/h3-7,10-11,16,25,30H,8-9,12-14H2,1-2H3,(H,29,33). The van der Waals surface area contributed by atoms with Gasteiger partial charge in [0.1, 0.15) is 0 Å². The summed E-state index contributed by atoms with van der Waals surface area (Å²) in [6.45, 7) is 4.34. The van der Waals surface area contributed by atoms with Crippen molar-refractivity contribution >= 4 is 46.3 Å². The van der Waals surface area contributed by atoms with E-state index >= 15 is 0 Å². The summed E-state index contributed by atoms with van der Waals surface area (Å²) in [6.07, 6.45) is 3.19. The van der Waals surface area contributed by atoms with Crippen molar-refractivity contribution in [2.24, 2.45) is 5.41 Å². The first-order chi connectivity index (χ1) is 15.7. The highest BCUT2D eigenvalue weighted by Crippen LogP contribution is 2.49. The van der Waals surface area contributed by atoms with Crippen LogP contribution in [-0.4, -0.2) is 24.3 Å². The smallest absolute Gasteiger partial charge is 0.239 e. The maximum absolute atomic E-state index is 13.6. The zero-order chi connectivity index (χ0) is 23.3. The van der Waals surface area contributed by atoms with Gasteiger partial charge in [-0.3, -0.25) is 9.59 Å². The minimum Gasteiger partial charge on any atom is -0.357 e. The molecule has 1 amide bonds. The number of halogens is 2. The summed E-state index contributed by atoms with van der Waals surface area (Å²) in [7, 11) is 0. The quantitative estimate of drug-likeness (QED) is 0.568. The van der Waals surface area contributed by atoms with Crippen LogP contribution >= 0.6 is 23.2 Å². The maximum atomic E-state index is 13.6. The fourth-order valence-corrected chi connectivity index (χ4v) is 5.44. The largest absolute Gasteiger partial charge is 0.357 e. The Bertz CT molecular complexity index is 1170. The fraction of sp³-hybridized carbons (Fsp3) is 0.385. The number of hydrogen-bond acceptors (Lipinski definition) is 4. The summed E-state index contributed by atoms with van der Waals surface area (Å²) in [6, 6.07) is 13.0. The van der Waals surface area contributed by atoms with E-state index in [9.17, 15) is 9.59 Å². The third-order valence-corrected chi connectivity index (χ3v) is 7.08. The van der Waals surface area contributed by atoms with Crippen LogP contribution in [0.5, 0.6) is 0 Å². The molecule has 7 heteroatoms. The molecule has 2 aromatic carbocycles. The summed E-state index contributed by atoms with van der Waals surface area (Å²) in [5, 5.41) is 7.64. The zero-order valence-electron chi connectivity index (χ0n) is 18.8. The molecule has 1 fully saturated rings. The minimum absolute atomic E-state index is 0.0602. The van der Waals surface area contributed by atoms with Crippen molar-refractivity contribution in [3.05, 3.63) is 69.3 Å². The Labute approximate surface area is 204 Å². The monoisotopic (exact) mass is 483 g/mol. The number of benzene rings is 2. The molecule has 2 aromatic rings. The van der Waals surface area contributed by atoms with Crippen LogP contribution in [0.4, 0.5) is 11.4 Å². The second-order valence-corrected chi connectivity index (χ2v) is 10.9. The molecule has 33 heavy (non-hydrogen) atoms. The van der Waals surface area contributed by atoms with Gasteiger partial charge in [-0.15, -0.1) is 0 Å². The van der Waals surface area contributed by atoms with Gasteiger partial charge in [0.25, 0.3) is 0 Å². The summed E-state index contributed by atoms with van der Waals surface area (Å²) in [5.41, 5.74) is 3.91. The first-order valence-electron chi connectivity index (χ1n) is 11.3. The molecule has 5 rings (SSSR count). The molecule has 0 radical (unpaired) electrons. The maximum Gasteiger partial charge on any atom is 0.239 e. The minimum atomic E-state index is -0.505. The van der Waals surface area contributed by atoms with E-state index in [-0.39, 0.29) is 29.7 Å². The number of anilines is 2. The third-order valence-electron chi connectivity index (χ3n) is 6.52. The number of fused-ring (bicyclic) bond motifs is 1. The van der Waals surface area contributed by atoms with Crippen LogP contribution in [0.1, 0.15) is 51.1 Å². The van der Waals surface area contributed by atoms with E-state index in [0.29, 0.717) is 22.0 Å². The van der Waals surface area contributed by atoms with Crippen molar-refractivity contribution in [2.75, 3.05) is 16.8 Å². The normalized spacial score (nSPS) is 21.6. The van der Waals surface area contributed by atoms with Gasteiger partial charge in [0.15, 0.2) is 5.78 Å². The number of amides is 1. The van der Waals surface area contributed by atoms with Gasteiger partial charge in [0.05, 0.1) is 24.0 Å². The van der Waals surface area contributed by atoms with E-state index in [4.69, 9.17) is 23.2 Å². The number of rotatable bonds is 4. The van der Waals surface area contributed by atoms with Crippen LogP contribution in [0.3, 0.4) is 0 Å². The Balaban J connectivity index is 1.70. The summed E-state index contributed by atoms with van der Waals surface area (Å²) >= 11 is 12.9. The molecule has 3 aliphatic rings. The van der Waals surface area contributed by atoms with Crippen LogP contribution in [-0.2, 0) is 9.59 Å². The van der Waals surface area contributed by atoms with E-state index in [1.54, 1.807) is 12.1 Å². The van der Waals surface area contributed by atoms with Gasteiger partial charge in [-0.1, -0.05) is 55.2 Å². The van der Waals surface area contributed by atoms with Gasteiger partial charge in [-0.2, -0.15) is 0 Å². The van der Waals surface area contributed by atoms with Crippen LogP contribution in [0, 0.1) is 5.41 Å². The number of nitrogens with zero attached hydrogens (tertiary/aromatic N) is 1. The molecule has 1 unspecified atom stereocenters. The topological polar surface area (TPSA) is 61.4 Å². The van der Waals surface area contributed by atoms with E-state index in [1.807, 2.05) is 35.2 Å². The third kappa shape index (κ3) is 4.49. The molecule has 172 valence electrons. The molecule has 5 nitrogen and oxygen atoms in total. The van der Waals surface area contributed by atoms with Gasteiger partial charge >= 0.3 is 0 Å². The van der Waals surface area contributed by atoms with Gasteiger partial charge in [-0.25, -0.2) is 0 Å². The first kappa shape index (κ1) is 22.3. The van der Waals surface area contributed by atoms with Gasteiger partial charge in [-0.05, 0) is 54.5 Å². The van der Waals surface area contributed by atoms with Crippen molar-refractivity contribution in [1.82, 2.24) is 5.32 Å². The Morgan fingerprint density at radius 1 is 1.15 bits per heavy atom. The fourth-order valence-electron chi connectivity index (χ4n) is 4.93. The van der Waals surface area contributed by atoms with E-state index < -0.39 is 6.04 Å². The lowest BCUT2D eigenvalue weighted by molar-refractivity contribution is -0.120. The summed E-state index contributed by atoms with van der Waals surface area (Å²) in [5.74, 6) is 0.0141. The molecule has 1 atom stereocenters. The Morgan fingerprint density at radius 3 is 2.64 bits per heavy atom. The van der Waals surface area contributed by atoms with E-state index in [0.717, 1.165) is 41.9 Å². The summed E-state index contributed by atoms with van der Waals surface area (Å²) in [4.78, 5) is 28.7.